The van der Waals surface area contributed by atoms with Crippen molar-refractivity contribution in [3.63, 3.8) is 0 Å². The van der Waals surface area contributed by atoms with E-state index in [4.69, 9.17) is 5.11 Å². The standard InChI is InChI=1S/C4H10O.2BrH/c1-4(2)3-5;;/h4-5H,3H2,1-2H3;2*1H. The largest absolute Gasteiger partial charge is 0.396 e. The molecule has 0 radical (unpaired) electrons. The molecule has 0 fully saturated rings. The monoisotopic (exact) mass is 234 g/mol. The Balaban J connectivity index is -0.0000000800. The quantitative estimate of drug-likeness (QED) is 0.735. The number of hydrogen-bond donors (Lipinski definition) is 1. The Bertz CT molecular complexity index is 23.7. The van der Waals surface area contributed by atoms with Crippen LogP contribution in [0.15, 0.2) is 0 Å². The van der Waals surface area contributed by atoms with Gasteiger partial charge in [0, 0.05) is 6.61 Å². The lowest BCUT2D eigenvalue weighted by atomic mass is 10.2. The minimum Gasteiger partial charge on any atom is -0.396 e. The molecule has 0 spiro atoms. The first-order valence-corrected chi connectivity index (χ1v) is 1.88. The normalized spacial score (nSPS) is 6.86. The van der Waals surface area contributed by atoms with Gasteiger partial charge in [0.1, 0.15) is 0 Å². The second kappa shape index (κ2) is 10.0. The molecule has 0 saturated carbocycles. The predicted molar refractivity (Wildman–Crippen MR) is 42.6 cm³/mol. The number of rotatable bonds is 1. The summed E-state index contributed by atoms with van der Waals surface area (Å²) in [5, 5.41) is 8.14. The van der Waals surface area contributed by atoms with Gasteiger partial charge in [0.25, 0.3) is 0 Å². The SMILES string of the molecule is Br.Br.CC(C)CO. The van der Waals surface area contributed by atoms with Gasteiger partial charge in [-0.3, -0.25) is 0 Å². The van der Waals surface area contributed by atoms with Crippen LogP contribution < -0.4 is 0 Å². The molecule has 0 bridgehead atoms. The molecule has 0 saturated heterocycles. The number of hydrogen-bond acceptors (Lipinski definition) is 1. The topological polar surface area (TPSA) is 20.2 Å². The number of aliphatic hydroxyl groups excluding tert-OH is 1. The van der Waals surface area contributed by atoms with E-state index in [0.717, 1.165) is 0 Å². The van der Waals surface area contributed by atoms with Crippen molar-refractivity contribution in [3.8, 4) is 0 Å². The van der Waals surface area contributed by atoms with E-state index in [0.29, 0.717) is 12.5 Å². The molecule has 0 rings (SSSR count). The van der Waals surface area contributed by atoms with Gasteiger partial charge in [0.2, 0.25) is 0 Å². The summed E-state index contributed by atoms with van der Waals surface area (Å²) in [6.45, 7) is 4.25. The van der Waals surface area contributed by atoms with Crippen molar-refractivity contribution >= 4 is 34.0 Å². The van der Waals surface area contributed by atoms with Gasteiger partial charge in [-0.15, -0.1) is 34.0 Å². The zero-order chi connectivity index (χ0) is 4.28. The molecule has 48 valence electrons. The molecule has 1 N–H and O–H groups in total. The fraction of sp³-hybridized carbons (Fsp3) is 1.00. The molecule has 0 aromatic carbocycles. The van der Waals surface area contributed by atoms with Crippen LogP contribution in [0.25, 0.3) is 0 Å². The van der Waals surface area contributed by atoms with E-state index in [-0.39, 0.29) is 34.0 Å². The Hall–Kier alpha value is 0.920. The summed E-state index contributed by atoms with van der Waals surface area (Å²) in [7, 11) is 0. The Labute approximate surface area is 65.7 Å². The van der Waals surface area contributed by atoms with Gasteiger partial charge < -0.3 is 5.11 Å². The van der Waals surface area contributed by atoms with Crippen molar-refractivity contribution in [2.24, 2.45) is 5.92 Å². The van der Waals surface area contributed by atoms with E-state index in [9.17, 15) is 0 Å². The summed E-state index contributed by atoms with van der Waals surface area (Å²) in [6.07, 6.45) is 0. The van der Waals surface area contributed by atoms with Gasteiger partial charge in [-0.2, -0.15) is 0 Å². The van der Waals surface area contributed by atoms with Crippen molar-refractivity contribution in [1.82, 2.24) is 0 Å². The Morgan fingerprint density at radius 2 is 1.43 bits per heavy atom. The smallest absolute Gasteiger partial charge is 0.0453 e. The second-order valence-electron chi connectivity index (χ2n) is 1.58. The summed E-state index contributed by atoms with van der Waals surface area (Å²) >= 11 is 0. The van der Waals surface area contributed by atoms with Crippen molar-refractivity contribution in [2.75, 3.05) is 6.61 Å². The van der Waals surface area contributed by atoms with Crippen LogP contribution in [0.3, 0.4) is 0 Å². The lowest BCUT2D eigenvalue weighted by molar-refractivity contribution is 0.248. The first-order chi connectivity index (χ1) is 2.27. The van der Waals surface area contributed by atoms with Crippen LogP contribution in [0, 0.1) is 5.92 Å². The summed E-state index contributed by atoms with van der Waals surface area (Å²) in [5.74, 6) is 0.440. The maximum absolute atomic E-state index is 8.14. The van der Waals surface area contributed by atoms with E-state index in [1.54, 1.807) is 0 Å². The Kier molecular flexibility index (Phi) is 22.4. The van der Waals surface area contributed by atoms with E-state index in [1.165, 1.54) is 0 Å². The summed E-state index contributed by atoms with van der Waals surface area (Å²) in [6, 6.07) is 0. The molecule has 1 nitrogen and oxygen atoms in total. The minimum absolute atomic E-state index is 0. The molecule has 0 unspecified atom stereocenters. The zero-order valence-electron chi connectivity index (χ0n) is 4.55. The van der Waals surface area contributed by atoms with Crippen molar-refractivity contribution in [1.29, 1.82) is 0 Å². The lowest BCUT2D eigenvalue weighted by Gasteiger charge is -1.90. The highest BCUT2D eigenvalue weighted by Crippen LogP contribution is 1.83. The summed E-state index contributed by atoms with van der Waals surface area (Å²) < 4.78 is 0. The maximum Gasteiger partial charge on any atom is 0.0453 e. The first-order valence-electron chi connectivity index (χ1n) is 1.88. The fourth-order valence-electron chi connectivity index (χ4n) is 0. The van der Waals surface area contributed by atoms with E-state index in [1.807, 2.05) is 13.8 Å². The second-order valence-corrected chi connectivity index (χ2v) is 1.58. The molecule has 0 amide bonds. The van der Waals surface area contributed by atoms with Gasteiger partial charge in [-0.25, -0.2) is 0 Å². The molecule has 0 aromatic heterocycles. The molecule has 0 aromatic rings. The molecule has 7 heavy (non-hydrogen) atoms. The van der Waals surface area contributed by atoms with Gasteiger partial charge in [-0.1, -0.05) is 13.8 Å². The molecular weight excluding hydrogens is 224 g/mol. The third kappa shape index (κ3) is 19.6. The maximum atomic E-state index is 8.14. The van der Waals surface area contributed by atoms with Crippen molar-refractivity contribution in [2.45, 2.75) is 13.8 Å². The molecule has 0 aliphatic rings. The predicted octanol–water partition coefficient (Wildman–Crippen LogP) is 1.79. The average molecular weight is 236 g/mol. The van der Waals surface area contributed by atoms with Crippen LogP contribution in [0.2, 0.25) is 0 Å². The number of aliphatic hydroxyl groups is 1. The molecule has 0 heterocycles. The molecule has 0 atom stereocenters. The third-order valence-electron chi connectivity index (χ3n) is 0.365. The van der Waals surface area contributed by atoms with Crippen LogP contribution in [0.5, 0.6) is 0 Å². The summed E-state index contributed by atoms with van der Waals surface area (Å²) in [5.41, 5.74) is 0. The zero-order valence-corrected chi connectivity index (χ0v) is 7.97. The fourth-order valence-corrected chi connectivity index (χ4v) is 0. The molecule has 0 aliphatic heterocycles. The van der Waals surface area contributed by atoms with Gasteiger partial charge in [0.05, 0.1) is 0 Å². The highest BCUT2D eigenvalue weighted by molar-refractivity contribution is 8.93. The number of halogens is 2. The van der Waals surface area contributed by atoms with Gasteiger partial charge in [0.15, 0.2) is 0 Å². The highest BCUT2D eigenvalue weighted by Gasteiger charge is 1.81. The first kappa shape index (κ1) is 15.7. The lowest BCUT2D eigenvalue weighted by Crippen LogP contribution is -1.90. The average Bonchev–Trinajstić information content (AvgIpc) is 1.38. The Morgan fingerprint density at radius 3 is 1.43 bits per heavy atom. The van der Waals surface area contributed by atoms with Gasteiger partial charge in [-0.05, 0) is 5.92 Å². The van der Waals surface area contributed by atoms with Crippen LogP contribution in [0.1, 0.15) is 13.8 Å². The minimum atomic E-state index is 0. The van der Waals surface area contributed by atoms with E-state index in [2.05, 4.69) is 0 Å². The van der Waals surface area contributed by atoms with E-state index < -0.39 is 0 Å². The van der Waals surface area contributed by atoms with Crippen molar-refractivity contribution < 1.29 is 5.11 Å². The molecule has 3 heteroatoms. The third-order valence-corrected chi connectivity index (χ3v) is 0.365. The van der Waals surface area contributed by atoms with Crippen LogP contribution in [-0.2, 0) is 0 Å². The van der Waals surface area contributed by atoms with Gasteiger partial charge >= 0.3 is 0 Å². The van der Waals surface area contributed by atoms with E-state index >= 15 is 0 Å². The van der Waals surface area contributed by atoms with Crippen LogP contribution >= 0.6 is 34.0 Å². The highest BCUT2D eigenvalue weighted by atomic mass is 79.9. The van der Waals surface area contributed by atoms with Crippen molar-refractivity contribution in [3.05, 3.63) is 0 Å². The van der Waals surface area contributed by atoms with Crippen LogP contribution in [-0.4, -0.2) is 11.7 Å². The molecular formula is C4H12Br2O. The summed E-state index contributed by atoms with van der Waals surface area (Å²) in [4.78, 5) is 0. The Morgan fingerprint density at radius 1 is 1.29 bits per heavy atom. The molecule has 0 aliphatic carbocycles. The van der Waals surface area contributed by atoms with Crippen LogP contribution in [0.4, 0.5) is 0 Å².